The fourth-order valence-electron chi connectivity index (χ4n) is 1.86. The first kappa shape index (κ1) is 14.8. The summed E-state index contributed by atoms with van der Waals surface area (Å²) in [6, 6.07) is 0. The highest BCUT2D eigenvalue weighted by Crippen LogP contribution is 2.08. The number of rotatable bonds is 7. The second-order valence-corrected chi connectivity index (χ2v) is 5.46. The van der Waals surface area contributed by atoms with E-state index in [0.29, 0.717) is 5.75 Å². The average molecular weight is 260 g/mol. The molecule has 0 aromatic rings. The summed E-state index contributed by atoms with van der Waals surface area (Å²) in [5.74, 6) is 1.99. The van der Waals surface area contributed by atoms with Crippen LogP contribution in [0.15, 0.2) is 0 Å². The van der Waals surface area contributed by atoms with Gasteiger partial charge in [-0.3, -0.25) is 9.69 Å². The molecule has 0 atom stereocenters. The lowest BCUT2D eigenvalue weighted by Gasteiger charge is -2.34. The van der Waals surface area contributed by atoms with Crippen molar-refractivity contribution in [2.45, 2.75) is 19.8 Å². The molecule has 1 N–H and O–H groups in total. The number of β-amino-alcohol motifs (C(OH)–C–C–N with tert-alkyl or cyclic N) is 1. The third kappa shape index (κ3) is 5.75. The van der Waals surface area contributed by atoms with Crippen LogP contribution < -0.4 is 0 Å². The molecule has 1 saturated heterocycles. The molecule has 0 aliphatic carbocycles. The molecule has 1 aliphatic rings. The Kier molecular flexibility index (Phi) is 7.64. The van der Waals surface area contributed by atoms with E-state index in [0.717, 1.165) is 38.5 Å². The van der Waals surface area contributed by atoms with Gasteiger partial charge in [-0.15, -0.1) is 0 Å². The number of hydrogen-bond acceptors (Lipinski definition) is 4. The van der Waals surface area contributed by atoms with Gasteiger partial charge in [0.2, 0.25) is 5.91 Å². The number of aliphatic hydroxyl groups is 1. The first-order valence-electron chi connectivity index (χ1n) is 6.46. The second-order valence-electron chi connectivity index (χ2n) is 4.35. The van der Waals surface area contributed by atoms with Crippen molar-refractivity contribution >= 4 is 17.7 Å². The zero-order valence-corrected chi connectivity index (χ0v) is 11.5. The minimum absolute atomic E-state index is 0.209. The van der Waals surface area contributed by atoms with E-state index in [1.54, 1.807) is 11.8 Å². The Hall–Kier alpha value is -0.260. The lowest BCUT2D eigenvalue weighted by molar-refractivity contribution is -0.130. The third-order valence-corrected chi connectivity index (χ3v) is 4.04. The van der Waals surface area contributed by atoms with Crippen LogP contribution in [-0.4, -0.2) is 71.6 Å². The largest absolute Gasteiger partial charge is 0.395 e. The number of aliphatic hydroxyl groups excluding tert-OH is 1. The van der Waals surface area contributed by atoms with Gasteiger partial charge in [0.25, 0.3) is 0 Å². The summed E-state index contributed by atoms with van der Waals surface area (Å²) in [6.07, 6.45) is 2.39. The second kappa shape index (κ2) is 8.78. The van der Waals surface area contributed by atoms with Gasteiger partial charge in [0, 0.05) is 32.7 Å². The van der Waals surface area contributed by atoms with Crippen LogP contribution in [0.3, 0.4) is 0 Å². The van der Waals surface area contributed by atoms with Crippen molar-refractivity contribution in [3.05, 3.63) is 0 Å². The lowest BCUT2D eigenvalue weighted by Crippen LogP contribution is -2.49. The predicted molar refractivity (Wildman–Crippen MR) is 72.3 cm³/mol. The highest BCUT2D eigenvalue weighted by Gasteiger charge is 2.20. The van der Waals surface area contributed by atoms with Crippen molar-refractivity contribution in [1.82, 2.24) is 9.80 Å². The maximum atomic E-state index is 11.9. The van der Waals surface area contributed by atoms with Crippen LogP contribution in [0.2, 0.25) is 0 Å². The van der Waals surface area contributed by atoms with Gasteiger partial charge in [0.1, 0.15) is 0 Å². The molecular formula is C12H24N2O2S. The number of piperazine rings is 1. The minimum atomic E-state index is 0.209. The highest BCUT2D eigenvalue weighted by molar-refractivity contribution is 7.99. The van der Waals surface area contributed by atoms with Gasteiger partial charge in [-0.2, -0.15) is 11.8 Å². The minimum Gasteiger partial charge on any atom is -0.395 e. The third-order valence-electron chi connectivity index (χ3n) is 3.01. The molecule has 0 unspecified atom stereocenters. The summed E-state index contributed by atoms with van der Waals surface area (Å²) in [4.78, 5) is 16.0. The first-order valence-corrected chi connectivity index (χ1v) is 7.62. The molecule has 17 heavy (non-hydrogen) atoms. The number of thioether (sulfide) groups is 1. The van der Waals surface area contributed by atoms with Crippen molar-refractivity contribution in [1.29, 1.82) is 0 Å². The molecule has 5 heteroatoms. The van der Waals surface area contributed by atoms with Gasteiger partial charge < -0.3 is 10.0 Å². The molecule has 0 radical (unpaired) electrons. The summed E-state index contributed by atoms with van der Waals surface area (Å²) in [7, 11) is 0. The van der Waals surface area contributed by atoms with E-state index in [-0.39, 0.29) is 12.5 Å². The summed E-state index contributed by atoms with van der Waals surface area (Å²) in [5, 5.41) is 8.83. The number of nitrogens with zero attached hydrogens (tertiary/aromatic N) is 2. The van der Waals surface area contributed by atoms with Crippen LogP contribution in [0.5, 0.6) is 0 Å². The summed E-state index contributed by atoms with van der Waals surface area (Å²) < 4.78 is 0. The standard InChI is InChI=1S/C12H24N2O2S/c1-2-3-10-17-11-12(16)14-6-4-13(5-7-14)8-9-15/h15H,2-11H2,1H3. The number of amides is 1. The molecule has 0 aromatic heterocycles. The summed E-state index contributed by atoms with van der Waals surface area (Å²) >= 11 is 1.75. The summed E-state index contributed by atoms with van der Waals surface area (Å²) in [5.41, 5.74) is 0. The van der Waals surface area contributed by atoms with E-state index >= 15 is 0 Å². The van der Waals surface area contributed by atoms with Crippen molar-refractivity contribution < 1.29 is 9.90 Å². The molecule has 4 nitrogen and oxygen atoms in total. The normalized spacial score (nSPS) is 17.4. The zero-order valence-electron chi connectivity index (χ0n) is 10.7. The van der Waals surface area contributed by atoms with Crippen LogP contribution in [0.4, 0.5) is 0 Å². The van der Waals surface area contributed by atoms with Gasteiger partial charge in [0.05, 0.1) is 12.4 Å². The van der Waals surface area contributed by atoms with Crippen molar-refractivity contribution in [2.75, 3.05) is 50.8 Å². The maximum absolute atomic E-state index is 11.9. The molecular weight excluding hydrogens is 236 g/mol. The molecule has 0 spiro atoms. The highest BCUT2D eigenvalue weighted by atomic mass is 32.2. The Balaban J connectivity index is 2.12. The lowest BCUT2D eigenvalue weighted by atomic mass is 10.3. The van der Waals surface area contributed by atoms with Crippen LogP contribution in [0, 0.1) is 0 Å². The fraction of sp³-hybridized carbons (Fsp3) is 0.917. The van der Waals surface area contributed by atoms with Crippen LogP contribution >= 0.6 is 11.8 Å². The smallest absolute Gasteiger partial charge is 0.232 e. The molecule has 0 bridgehead atoms. The molecule has 100 valence electrons. The zero-order chi connectivity index (χ0) is 12.5. The number of hydrogen-bond donors (Lipinski definition) is 1. The SMILES string of the molecule is CCCCSCC(=O)N1CCN(CCO)CC1. The van der Waals surface area contributed by atoms with Crippen LogP contribution in [0.1, 0.15) is 19.8 Å². The Bertz CT molecular complexity index is 219. The molecule has 1 rings (SSSR count). The average Bonchev–Trinajstić information content (AvgIpc) is 2.36. The molecule has 1 amide bonds. The summed E-state index contributed by atoms with van der Waals surface area (Å²) in [6.45, 7) is 6.52. The number of carbonyl (C=O) groups excluding carboxylic acids is 1. The molecule has 0 aromatic carbocycles. The van der Waals surface area contributed by atoms with Crippen molar-refractivity contribution in [3.63, 3.8) is 0 Å². The van der Waals surface area contributed by atoms with Crippen LogP contribution in [-0.2, 0) is 4.79 Å². The Morgan fingerprint density at radius 3 is 2.59 bits per heavy atom. The van der Waals surface area contributed by atoms with E-state index in [1.165, 1.54) is 12.8 Å². The van der Waals surface area contributed by atoms with Gasteiger partial charge in [-0.1, -0.05) is 13.3 Å². The molecule has 0 saturated carbocycles. The van der Waals surface area contributed by atoms with Crippen LogP contribution in [0.25, 0.3) is 0 Å². The van der Waals surface area contributed by atoms with Gasteiger partial charge in [0.15, 0.2) is 0 Å². The van der Waals surface area contributed by atoms with E-state index in [4.69, 9.17) is 5.11 Å². The molecule has 1 aliphatic heterocycles. The van der Waals surface area contributed by atoms with E-state index in [2.05, 4.69) is 11.8 Å². The van der Waals surface area contributed by atoms with E-state index in [1.807, 2.05) is 4.90 Å². The van der Waals surface area contributed by atoms with Gasteiger partial charge >= 0.3 is 0 Å². The quantitative estimate of drug-likeness (QED) is 0.683. The van der Waals surface area contributed by atoms with Crippen molar-refractivity contribution in [2.24, 2.45) is 0 Å². The predicted octanol–water partition coefficient (Wildman–Crippen LogP) is 0.656. The first-order chi connectivity index (χ1) is 8.27. The molecule has 1 fully saturated rings. The Morgan fingerprint density at radius 1 is 1.29 bits per heavy atom. The van der Waals surface area contributed by atoms with Gasteiger partial charge in [-0.05, 0) is 12.2 Å². The topological polar surface area (TPSA) is 43.8 Å². The number of unbranched alkanes of at least 4 members (excludes halogenated alkanes) is 1. The van der Waals surface area contributed by atoms with Gasteiger partial charge in [-0.25, -0.2) is 0 Å². The number of carbonyl (C=O) groups is 1. The monoisotopic (exact) mass is 260 g/mol. The fourth-order valence-corrected chi connectivity index (χ4v) is 2.85. The van der Waals surface area contributed by atoms with E-state index < -0.39 is 0 Å². The Labute approximate surface area is 108 Å². The Morgan fingerprint density at radius 2 is 2.00 bits per heavy atom. The maximum Gasteiger partial charge on any atom is 0.232 e. The van der Waals surface area contributed by atoms with Crippen molar-refractivity contribution in [3.8, 4) is 0 Å². The molecule has 1 heterocycles. The van der Waals surface area contributed by atoms with E-state index in [9.17, 15) is 4.79 Å².